The summed E-state index contributed by atoms with van der Waals surface area (Å²) in [4.78, 5) is 14.4. The van der Waals surface area contributed by atoms with Crippen LogP contribution in [0.3, 0.4) is 0 Å². The molecule has 2 aromatic rings. The number of pyridine rings is 1. The van der Waals surface area contributed by atoms with Gasteiger partial charge in [0.25, 0.3) is 5.69 Å². The third kappa shape index (κ3) is 2.62. The predicted molar refractivity (Wildman–Crippen MR) is 69.0 cm³/mol. The van der Waals surface area contributed by atoms with Crippen LogP contribution in [0.25, 0.3) is 11.3 Å². The summed E-state index contributed by atoms with van der Waals surface area (Å²) in [5.74, 6) is 0. The van der Waals surface area contributed by atoms with E-state index in [9.17, 15) is 10.1 Å². The normalized spacial score (nSPS) is 10.2. The maximum atomic E-state index is 10.9. The number of hydrogen-bond donors (Lipinski definition) is 0. The fourth-order valence-electron chi connectivity index (χ4n) is 1.42. The van der Waals surface area contributed by atoms with Gasteiger partial charge in [0.2, 0.25) is 0 Å². The van der Waals surface area contributed by atoms with Crippen molar-refractivity contribution in [2.24, 2.45) is 0 Å². The smallest absolute Gasteiger partial charge is 0.258 e. The zero-order valence-corrected chi connectivity index (χ0v) is 10.8. The van der Waals surface area contributed by atoms with Crippen molar-refractivity contribution >= 4 is 33.2 Å². The highest BCUT2D eigenvalue weighted by Gasteiger charge is 2.17. The summed E-state index contributed by atoms with van der Waals surface area (Å²) >= 11 is 9.07. The molecule has 86 valence electrons. The fourth-order valence-corrected chi connectivity index (χ4v) is 1.97. The summed E-state index contributed by atoms with van der Waals surface area (Å²) < 4.78 is 0.825. The van der Waals surface area contributed by atoms with E-state index in [4.69, 9.17) is 11.6 Å². The molecule has 1 aromatic heterocycles. The van der Waals surface area contributed by atoms with Gasteiger partial charge in [0, 0.05) is 16.1 Å². The van der Waals surface area contributed by atoms with Crippen LogP contribution < -0.4 is 0 Å². The van der Waals surface area contributed by atoms with Crippen LogP contribution in [0.1, 0.15) is 0 Å². The monoisotopic (exact) mass is 312 g/mol. The molecule has 0 amide bonds. The Bertz CT molecular complexity index is 589. The summed E-state index contributed by atoms with van der Waals surface area (Å²) in [5, 5.41) is 11.1. The third-order valence-corrected chi connectivity index (χ3v) is 2.84. The molecular weight excluding hydrogens is 307 g/mol. The number of nitrogens with zero attached hydrogens (tertiary/aromatic N) is 2. The average Bonchev–Trinajstić information content (AvgIpc) is 2.28. The number of halogens is 2. The van der Waals surface area contributed by atoms with Crippen molar-refractivity contribution in [3.05, 3.63) is 56.1 Å². The van der Waals surface area contributed by atoms with E-state index < -0.39 is 4.92 Å². The Hall–Kier alpha value is -1.46. The molecule has 0 aliphatic carbocycles. The molecule has 1 heterocycles. The van der Waals surface area contributed by atoms with Crippen LogP contribution in [0.2, 0.25) is 5.15 Å². The average molecular weight is 314 g/mol. The Kier molecular flexibility index (Phi) is 3.40. The highest BCUT2D eigenvalue weighted by Crippen LogP contribution is 2.30. The Balaban J connectivity index is 2.65. The maximum absolute atomic E-state index is 10.9. The van der Waals surface area contributed by atoms with Gasteiger partial charge in [0.05, 0.1) is 4.92 Å². The van der Waals surface area contributed by atoms with Crippen molar-refractivity contribution in [2.45, 2.75) is 0 Å². The highest BCUT2D eigenvalue weighted by molar-refractivity contribution is 9.10. The van der Waals surface area contributed by atoms with Gasteiger partial charge in [0.1, 0.15) is 10.8 Å². The molecule has 0 unspecified atom stereocenters. The highest BCUT2D eigenvalue weighted by atomic mass is 79.9. The van der Waals surface area contributed by atoms with Crippen LogP contribution in [-0.4, -0.2) is 9.91 Å². The Morgan fingerprint density at radius 1 is 1.29 bits per heavy atom. The molecule has 0 N–H and O–H groups in total. The maximum Gasteiger partial charge on any atom is 0.295 e. The van der Waals surface area contributed by atoms with Crippen LogP contribution in [0, 0.1) is 10.1 Å². The minimum atomic E-state index is -0.473. The van der Waals surface area contributed by atoms with E-state index >= 15 is 0 Å². The van der Waals surface area contributed by atoms with Gasteiger partial charge < -0.3 is 0 Å². The van der Waals surface area contributed by atoms with Crippen LogP contribution in [-0.2, 0) is 0 Å². The molecule has 0 bridgehead atoms. The molecule has 1 aromatic carbocycles. The lowest BCUT2D eigenvalue weighted by molar-refractivity contribution is -0.384. The number of aromatic nitrogens is 1. The molecule has 6 heteroatoms. The summed E-state index contributed by atoms with van der Waals surface area (Å²) in [6, 6.07) is 9.88. The number of benzene rings is 1. The zero-order chi connectivity index (χ0) is 12.4. The Morgan fingerprint density at radius 2 is 2.06 bits per heavy atom. The molecular formula is C11H6BrClN2O2. The van der Waals surface area contributed by atoms with Crippen molar-refractivity contribution in [3.63, 3.8) is 0 Å². The first-order chi connectivity index (χ1) is 8.08. The first kappa shape index (κ1) is 12.0. The van der Waals surface area contributed by atoms with Gasteiger partial charge >= 0.3 is 0 Å². The van der Waals surface area contributed by atoms with Crippen LogP contribution in [0.15, 0.2) is 40.9 Å². The van der Waals surface area contributed by atoms with Crippen LogP contribution in [0.5, 0.6) is 0 Å². The molecule has 0 atom stereocenters. The lowest BCUT2D eigenvalue weighted by atomic mass is 10.1. The zero-order valence-electron chi connectivity index (χ0n) is 8.43. The molecule has 4 nitrogen and oxygen atoms in total. The van der Waals surface area contributed by atoms with E-state index in [-0.39, 0.29) is 16.5 Å². The van der Waals surface area contributed by atoms with Gasteiger partial charge in [-0.2, -0.15) is 0 Å². The second-order valence-corrected chi connectivity index (χ2v) is 4.57. The Morgan fingerprint density at radius 3 is 2.71 bits per heavy atom. The molecule has 0 aliphatic heterocycles. The SMILES string of the molecule is O=[N+]([O-])c1ccc(Cl)nc1-c1cccc(Br)c1. The van der Waals surface area contributed by atoms with E-state index in [1.807, 2.05) is 6.07 Å². The molecule has 17 heavy (non-hydrogen) atoms. The van der Waals surface area contributed by atoms with E-state index in [0.29, 0.717) is 5.56 Å². The van der Waals surface area contributed by atoms with Gasteiger partial charge in [-0.05, 0) is 18.2 Å². The lowest BCUT2D eigenvalue weighted by Gasteiger charge is -2.03. The summed E-state index contributed by atoms with van der Waals surface area (Å²) in [6.07, 6.45) is 0. The lowest BCUT2D eigenvalue weighted by Crippen LogP contribution is -1.94. The standard InChI is InChI=1S/C11H6BrClN2O2/c12-8-3-1-2-7(6-8)11-9(15(16)17)4-5-10(13)14-11/h1-6H. The largest absolute Gasteiger partial charge is 0.295 e. The minimum absolute atomic E-state index is 0.0625. The topological polar surface area (TPSA) is 56.0 Å². The number of rotatable bonds is 2. The molecule has 0 saturated heterocycles. The predicted octanol–water partition coefficient (Wildman–Crippen LogP) is 4.07. The third-order valence-electron chi connectivity index (χ3n) is 2.13. The van der Waals surface area contributed by atoms with Crippen LogP contribution in [0.4, 0.5) is 5.69 Å². The molecule has 0 radical (unpaired) electrons. The molecule has 0 aliphatic rings. The van der Waals surface area contributed by atoms with Crippen molar-refractivity contribution in [1.82, 2.24) is 4.98 Å². The fraction of sp³-hybridized carbons (Fsp3) is 0. The van der Waals surface area contributed by atoms with Crippen LogP contribution >= 0.6 is 27.5 Å². The minimum Gasteiger partial charge on any atom is -0.258 e. The first-order valence-corrected chi connectivity index (χ1v) is 5.82. The molecule has 2 rings (SSSR count). The summed E-state index contributed by atoms with van der Waals surface area (Å²) in [6.45, 7) is 0. The quantitative estimate of drug-likeness (QED) is 0.477. The van der Waals surface area contributed by atoms with E-state index in [0.717, 1.165) is 4.47 Å². The van der Waals surface area contributed by atoms with Gasteiger partial charge in [0.15, 0.2) is 0 Å². The van der Waals surface area contributed by atoms with Crippen molar-refractivity contribution in [1.29, 1.82) is 0 Å². The molecule has 0 spiro atoms. The first-order valence-electron chi connectivity index (χ1n) is 4.65. The van der Waals surface area contributed by atoms with Gasteiger partial charge in [-0.25, -0.2) is 4.98 Å². The van der Waals surface area contributed by atoms with Crippen molar-refractivity contribution in [2.75, 3.05) is 0 Å². The van der Waals surface area contributed by atoms with E-state index in [1.165, 1.54) is 12.1 Å². The second-order valence-electron chi connectivity index (χ2n) is 3.27. The Labute approximate surface area is 111 Å². The summed E-state index contributed by atoms with van der Waals surface area (Å²) in [7, 11) is 0. The second kappa shape index (κ2) is 4.81. The number of nitro groups is 1. The van der Waals surface area contributed by atoms with Crippen molar-refractivity contribution in [3.8, 4) is 11.3 Å². The van der Waals surface area contributed by atoms with E-state index in [1.54, 1.807) is 18.2 Å². The van der Waals surface area contributed by atoms with Gasteiger partial charge in [-0.3, -0.25) is 10.1 Å². The molecule has 0 fully saturated rings. The summed E-state index contributed by atoms with van der Waals surface area (Å²) in [5.41, 5.74) is 0.852. The van der Waals surface area contributed by atoms with E-state index in [2.05, 4.69) is 20.9 Å². The van der Waals surface area contributed by atoms with Gasteiger partial charge in [-0.1, -0.05) is 39.7 Å². The number of hydrogen-bond acceptors (Lipinski definition) is 3. The molecule has 0 saturated carbocycles. The van der Waals surface area contributed by atoms with Crippen molar-refractivity contribution < 1.29 is 4.92 Å². The van der Waals surface area contributed by atoms with Gasteiger partial charge in [-0.15, -0.1) is 0 Å².